The summed E-state index contributed by atoms with van der Waals surface area (Å²) >= 11 is 0. The van der Waals surface area contributed by atoms with Crippen molar-refractivity contribution < 1.29 is 19.2 Å². The van der Waals surface area contributed by atoms with Crippen molar-refractivity contribution in [3.8, 4) is 0 Å². The summed E-state index contributed by atoms with van der Waals surface area (Å²) in [5, 5.41) is 10.5. The molecule has 0 spiro atoms. The molecule has 30 heavy (non-hydrogen) atoms. The van der Waals surface area contributed by atoms with Crippen LogP contribution in [0.4, 0.5) is 0 Å². The van der Waals surface area contributed by atoms with E-state index in [-0.39, 0.29) is 11.2 Å². The molecule has 1 aliphatic heterocycles. The number of ketones is 1. The third-order valence-corrected chi connectivity index (χ3v) is 5.80. The summed E-state index contributed by atoms with van der Waals surface area (Å²) < 4.78 is 1.77. The molecule has 0 atom stereocenters. The lowest BCUT2D eigenvalue weighted by molar-refractivity contribution is -0.117. The Morgan fingerprint density at radius 1 is 1.27 bits per heavy atom. The molecule has 0 unspecified atom stereocenters. The molecule has 1 N–H and O–H groups in total. The highest BCUT2D eigenvalue weighted by molar-refractivity contribution is 6.43. The highest BCUT2D eigenvalue weighted by Gasteiger charge is 2.41. The van der Waals surface area contributed by atoms with E-state index in [2.05, 4.69) is 20.6 Å². The van der Waals surface area contributed by atoms with Crippen molar-refractivity contribution in [2.75, 3.05) is 0 Å². The summed E-state index contributed by atoms with van der Waals surface area (Å²) in [6, 6.07) is 3.41. The Hall–Kier alpha value is -3.56. The molecule has 0 radical (unpaired) electrons. The second-order valence-corrected chi connectivity index (χ2v) is 8.08. The maximum Gasteiger partial charge on any atom is 0.382 e. The van der Waals surface area contributed by atoms with Crippen molar-refractivity contribution in [3.63, 3.8) is 0 Å². The minimum absolute atomic E-state index is 0.246. The van der Waals surface area contributed by atoms with Crippen LogP contribution in [0.15, 0.2) is 18.3 Å². The lowest BCUT2D eigenvalue weighted by Crippen LogP contribution is -2.39. The van der Waals surface area contributed by atoms with Crippen molar-refractivity contribution in [3.05, 3.63) is 40.8 Å². The minimum Gasteiger partial charge on any atom is -0.344 e. The Labute approximate surface area is 171 Å². The number of aromatic nitrogens is 5. The van der Waals surface area contributed by atoms with Crippen LogP contribution in [0.3, 0.4) is 0 Å². The molecule has 1 saturated carbocycles. The number of nitrogens with one attached hydrogen (secondary N) is 1. The van der Waals surface area contributed by atoms with Gasteiger partial charge in [0.25, 0.3) is 11.7 Å². The van der Waals surface area contributed by atoms with Gasteiger partial charge in [-0.1, -0.05) is 0 Å². The SMILES string of the molecule is Cc1c(C(=O)C(=O)NC2(C)CC2)c2n(c1C(=O)On1nnc3cccnc31)CCC2. The molecule has 154 valence electrons. The van der Waals surface area contributed by atoms with Crippen molar-refractivity contribution in [1.29, 1.82) is 0 Å². The van der Waals surface area contributed by atoms with Crippen molar-refractivity contribution in [1.82, 2.24) is 30.0 Å². The zero-order valence-electron chi connectivity index (χ0n) is 16.6. The first kappa shape index (κ1) is 18.5. The molecule has 0 saturated heterocycles. The minimum atomic E-state index is -0.679. The zero-order valence-corrected chi connectivity index (χ0v) is 16.6. The second kappa shape index (κ2) is 6.48. The Bertz CT molecular complexity index is 1220. The van der Waals surface area contributed by atoms with E-state index in [0.29, 0.717) is 41.0 Å². The standard InChI is InChI=1S/C20H20N6O4/c1-11-14(16(27)18(28)22-20(2)7-8-20)13-6-4-10-25(13)15(11)19(29)30-26-17-12(23-24-26)5-3-9-21-17/h3,5,9H,4,6-8,10H2,1-2H3,(H,22,28). The van der Waals surface area contributed by atoms with E-state index in [1.54, 1.807) is 29.8 Å². The summed E-state index contributed by atoms with van der Waals surface area (Å²) in [6.45, 7) is 4.15. The van der Waals surface area contributed by atoms with Crippen LogP contribution in [-0.2, 0) is 17.8 Å². The van der Waals surface area contributed by atoms with Gasteiger partial charge in [0, 0.05) is 24.0 Å². The number of fused-ring (bicyclic) bond motifs is 2. The third-order valence-electron chi connectivity index (χ3n) is 5.80. The summed E-state index contributed by atoms with van der Waals surface area (Å²) in [6.07, 6.45) is 4.66. The largest absolute Gasteiger partial charge is 0.382 e. The fourth-order valence-corrected chi connectivity index (χ4v) is 3.97. The van der Waals surface area contributed by atoms with Crippen LogP contribution in [0.25, 0.3) is 11.2 Å². The first-order valence-electron chi connectivity index (χ1n) is 9.86. The van der Waals surface area contributed by atoms with E-state index < -0.39 is 17.7 Å². The topological polar surface area (TPSA) is 121 Å². The Balaban J connectivity index is 1.48. The summed E-state index contributed by atoms with van der Waals surface area (Å²) in [4.78, 5) is 49.0. The smallest absolute Gasteiger partial charge is 0.344 e. The molecule has 1 aliphatic carbocycles. The maximum atomic E-state index is 13.0. The monoisotopic (exact) mass is 408 g/mol. The van der Waals surface area contributed by atoms with Gasteiger partial charge in [-0.15, -0.1) is 5.10 Å². The van der Waals surface area contributed by atoms with Crippen LogP contribution in [-0.4, -0.2) is 47.9 Å². The molecule has 10 heteroatoms. The fourth-order valence-electron chi connectivity index (χ4n) is 3.97. The van der Waals surface area contributed by atoms with Crippen LogP contribution in [0.5, 0.6) is 0 Å². The van der Waals surface area contributed by atoms with Crippen molar-refractivity contribution in [2.24, 2.45) is 0 Å². The number of nitrogens with zero attached hydrogens (tertiary/aromatic N) is 5. The number of carbonyl (C=O) groups is 3. The van der Waals surface area contributed by atoms with Gasteiger partial charge < -0.3 is 14.7 Å². The molecule has 3 aromatic heterocycles. The summed E-state index contributed by atoms with van der Waals surface area (Å²) in [7, 11) is 0. The number of pyridine rings is 1. The number of hydrogen-bond donors (Lipinski definition) is 1. The van der Waals surface area contributed by atoms with Crippen LogP contribution < -0.4 is 10.2 Å². The van der Waals surface area contributed by atoms with Gasteiger partial charge in [-0.2, -0.15) is 0 Å². The molecule has 2 aliphatic rings. The summed E-state index contributed by atoms with van der Waals surface area (Å²) in [5.41, 5.74) is 2.18. The third kappa shape index (κ3) is 2.87. The lowest BCUT2D eigenvalue weighted by Gasteiger charge is -2.11. The van der Waals surface area contributed by atoms with Crippen molar-refractivity contribution >= 4 is 28.8 Å². The van der Waals surface area contributed by atoms with Gasteiger partial charge in [-0.05, 0) is 67.3 Å². The van der Waals surface area contributed by atoms with Gasteiger partial charge in [0.1, 0.15) is 11.2 Å². The quantitative estimate of drug-likeness (QED) is 0.380. The van der Waals surface area contributed by atoms with Crippen LogP contribution in [0.2, 0.25) is 0 Å². The highest BCUT2D eigenvalue weighted by atomic mass is 16.7. The van der Waals surface area contributed by atoms with E-state index in [1.165, 1.54) is 0 Å². The van der Waals surface area contributed by atoms with Crippen LogP contribution in [0.1, 0.15) is 58.3 Å². The van der Waals surface area contributed by atoms with E-state index >= 15 is 0 Å². The number of rotatable bonds is 5. The van der Waals surface area contributed by atoms with E-state index in [0.717, 1.165) is 24.1 Å². The van der Waals surface area contributed by atoms with Gasteiger partial charge in [-0.3, -0.25) is 9.59 Å². The predicted molar refractivity (Wildman–Crippen MR) is 104 cm³/mol. The van der Waals surface area contributed by atoms with Gasteiger partial charge in [0.05, 0.1) is 5.56 Å². The van der Waals surface area contributed by atoms with E-state index in [1.807, 2.05) is 6.92 Å². The molecule has 3 aromatic rings. The Morgan fingerprint density at radius 3 is 2.83 bits per heavy atom. The zero-order chi connectivity index (χ0) is 21.0. The number of carbonyl (C=O) groups excluding carboxylic acids is 3. The Kier molecular flexibility index (Phi) is 3.99. The number of Topliss-reactive ketones (excluding diaryl/α,β-unsaturated/α-hetero) is 1. The van der Waals surface area contributed by atoms with Crippen LogP contribution in [0, 0.1) is 6.92 Å². The first-order chi connectivity index (χ1) is 14.4. The molecule has 1 fully saturated rings. The molecular formula is C20H20N6O4. The average molecular weight is 408 g/mol. The number of amides is 1. The molecule has 0 aromatic carbocycles. The molecule has 5 rings (SSSR count). The van der Waals surface area contributed by atoms with Crippen molar-refractivity contribution in [2.45, 2.75) is 51.6 Å². The first-order valence-corrected chi connectivity index (χ1v) is 9.86. The van der Waals surface area contributed by atoms with Gasteiger partial charge in [-0.25, -0.2) is 9.78 Å². The van der Waals surface area contributed by atoms with Crippen LogP contribution >= 0.6 is 0 Å². The van der Waals surface area contributed by atoms with Gasteiger partial charge in [0.2, 0.25) is 5.65 Å². The van der Waals surface area contributed by atoms with Gasteiger partial charge in [0.15, 0.2) is 0 Å². The Morgan fingerprint density at radius 2 is 2.07 bits per heavy atom. The van der Waals surface area contributed by atoms with Gasteiger partial charge >= 0.3 is 5.97 Å². The average Bonchev–Trinajstić information content (AvgIpc) is 3.06. The fraction of sp³-hybridized carbons (Fsp3) is 0.400. The lowest BCUT2D eigenvalue weighted by atomic mass is 10.0. The number of hydrogen-bond acceptors (Lipinski definition) is 7. The van der Waals surface area contributed by atoms with E-state index in [9.17, 15) is 14.4 Å². The highest BCUT2D eigenvalue weighted by Crippen LogP contribution is 2.35. The van der Waals surface area contributed by atoms with E-state index in [4.69, 9.17) is 4.84 Å². The molecule has 4 heterocycles. The predicted octanol–water partition coefficient (Wildman–Crippen LogP) is 1.00. The maximum absolute atomic E-state index is 13.0. The molecular weight excluding hydrogens is 388 g/mol. The molecule has 1 amide bonds. The normalized spacial score (nSPS) is 16.3. The molecule has 0 bridgehead atoms. The second-order valence-electron chi connectivity index (χ2n) is 8.08. The molecule has 10 nitrogen and oxygen atoms in total. The summed E-state index contributed by atoms with van der Waals surface area (Å²) in [5.74, 6) is -1.93.